The Labute approximate surface area is 144 Å². The molecule has 5 nitrogen and oxygen atoms in total. The standard InChI is InChI=1S/C18H18ClN3O2/c1-4-22-8-7-15-13(18(22)24)10-16(21(15)3)17(23)20-12-6-5-11(2)14(19)9-12/h5-10H,4H2,1-3H3,(H,20,23). The van der Waals surface area contributed by atoms with Crippen LogP contribution in [0, 0.1) is 6.92 Å². The van der Waals surface area contributed by atoms with E-state index >= 15 is 0 Å². The Kier molecular flexibility index (Phi) is 4.20. The molecule has 0 aliphatic rings. The van der Waals surface area contributed by atoms with Gasteiger partial charge in [0.2, 0.25) is 0 Å². The van der Waals surface area contributed by atoms with Crippen molar-refractivity contribution < 1.29 is 4.79 Å². The van der Waals surface area contributed by atoms with Crippen LogP contribution in [-0.2, 0) is 13.6 Å². The van der Waals surface area contributed by atoms with E-state index in [1.807, 2.05) is 26.0 Å². The number of hydrogen-bond donors (Lipinski definition) is 1. The lowest BCUT2D eigenvalue weighted by molar-refractivity contribution is 0.102. The molecule has 6 heteroatoms. The van der Waals surface area contributed by atoms with Crippen molar-refractivity contribution in [3.8, 4) is 0 Å². The lowest BCUT2D eigenvalue weighted by Gasteiger charge is -2.08. The van der Waals surface area contributed by atoms with E-state index in [0.29, 0.717) is 28.3 Å². The zero-order valence-corrected chi connectivity index (χ0v) is 14.5. The first-order chi connectivity index (χ1) is 11.4. The molecule has 3 aromatic rings. The largest absolute Gasteiger partial charge is 0.339 e. The Balaban J connectivity index is 2.00. The number of benzene rings is 1. The van der Waals surface area contributed by atoms with Crippen molar-refractivity contribution >= 4 is 34.1 Å². The molecule has 0 spiro atoms. The fourth-order valence-corrected chi connectivity index (χ4v) is 2.89. The van der Waals surface area contributed by atoms with Crippen molar-refractivity contribution in [2.24, 2.45) is 7.05 Å². The number of rotatable bonds is 3. The zero-order chi connectivity index (χ0) is 17.4. The van der Waals surface area contributed by atoms with Crippen LogP contribution in [0.2, 0.25) is 5.02 Å². The summed E-state index contributed by atoms with van der Waals surface area (Å²) in [6, 6.07) is 8.83. The zero-order valence-electron chi connectivity index (χ0n) is 13.8. The molecule has 0 saturated heterocycles. The van der Waals surface area contributed by atoms with Gasteiger partial charge in [0.1, 0.15) is 5.69 Å². The SMILES string of the molecule is CCn1ccc2c(cc(C(=O)Nc3ccc(C)c(Cl)c3)n2C)c1=O. The molecule has 0 fully saturated rings. The van der Waals surface area contributed by atoms with E-state index in [9.17, 15) is 9.59 Å². The lowest BCUT2D eigenvalue weighted by Crippen LogP contribution is -2.17. The molecular weight excluding hydrogens is 326 g/mol. The van der Waals surface area contributed by atoms with Crippen LogP contribution in [0.4, 0.5) is 5.69 Å². The minimum Gasteiger partial charge on any atom is -0.339 e. The Bertz CT molecular complexity index is 1000. The van der Waals surface area contributed by atoms with E-state index < -0.39 is 0 Å². The molecular formula is C18H18ClN3O2. The number of anilines is 1. The summed E-state index contributed by atoms with van der Waals surface area (Å²) in [5.41, 5.74) is 2.62. The summed E-state index contributed by atoms with van der Waals surface area (Å²) in [6.07, 6.45) is 1.74. The number of carbonyl (C=O) groups excluding carboxylic acids is 1. The van der Waals surface area contributed by atoms with Gasteiger partial charge in [0.15, 0.2) is 0 Å². The number of pyridine rings is 1. The second kappa shape index (κ2) is 6.17. The molecule has 0 saturated carbocycles. The van der Waals surface area contributed by atoms with Gasteiger partial charge >= 0.3 is 0 Å². The molecule has 1 aromatic carbocycles. The summed E-state index contributed by atoms with van der Waals surface area (Å²) in [6.45, 7) is 4.40. The van der Waals surface area contributed by atoms with Gasteiger partial charge in [-0.15, -0.1) is 0 Å². The summed E-state index contributed by atoms with van der Waals surface area (Å²) in [7, 11) is 1.77. The van der Waals surface area contributed by atoms with E-state index in [0.717, 1.165) is 11.1 Å². The maximum Gasteiger partial charge on any atom is 0.272 e. The van der Waals surface area contributed by atoms with Crippen molar-refractivity contribution in [2.75, 3.05) is 5.32 Å². The molecule has 0 atom stereocenters. The van der Waals surface area contributed by atoms with Crippen LogP contribution in [0.25, 0.3) is 10.9 Å². The van der Waals surface area contributed by atoms with Gasteiger partial charge in [-0.1, -0.05) is 17.7 Å². The smallest absolute Gasteiger partial charge is 0.272 e. The number of carbonyl (C=O) groups is 1. The van der Waals surface area contributed by atoms with Gasteiger partial charge in [0.25, 0.3) is 11.5 Å². The number of nitrogens with zero attached hydrogens (tertiary/aromatic N) is 2. The number of fused-ring (bicyclic) bond motifs is 1. The van der Waals surface area contributed by atoms with Crippen LogP contribution in [0.3, 0.4) is 0 Å². The van der Waals surface area contributed by atoms with Gasteiger partial charge in [-0.25, -0.2) is 0 Å². The number of halogens is 1. The summed E-state index contributed by atoms with van der Waals surface area (Å²) in [5.74, 6) is -0.281. The van der Waals surface area contributed by atoms with Gasteiger partial charge in [-0.05, 0) is 43.7 Å². The Morgan fingerprint density at radius 1 is 1.25 bits per heavy atom. The summed E-state index contributed by atoms with van der Waals surface area (Å²) >= 11 is 6.09. The third-order valence-corrected chi connectivity index (χ3v) is 4.59. The highest BCUT2D eigenvalue weighted by molar-refractivity contribution is 6.31. The number of nitrogens with one attached hydrogen (secondary N) is 1. The second-order valence-electron chi connectivity index (χ2n) is 5.71. The first kappa shape index (κ1) is 16.3. The molecule has 0 radical (unpaired) electrons. The van der Waals surface area contributed by atoms with E-state index in [1.165, 1.54) is 0 Å². The van der Waals surface area contributed by atoms with Crippen molar-refractivity contribution in [3.05, 3.63) is 63.2 Å². The van der Waals surface area contributed by atoms with Gasteiger partial charge < -0.3 is 14.5 Å². The summed E-state index contributed by atoms with van der Waals surface area (Å²) in [5, 5.41) is 3.95. The van der Waals surface area contributed by atoms with Gasteiger partial charge in [0, 0.05) is 30.5 Å². The fourth-order valence-electron chi connectivity index (χ4n) is 2.71. The molecule has 0 aliphatic heterocycles. The minimum atomic E-state index is -0.281. The minimum absolute atomic E-state index is 0.0944. The summed E-state index contributed by atoms with van der Waals surface area (Å²) < 4.78 is 3.34. The molecule has 2 aromatic heterocycles. The maximum absolute atomic E-state index is 12.6. The molecule has 1 amide bonds. The number of hydrogen-bond acceptors (Lipinski definition) is 2. The highest BCUT2D eigenvalue weighted by Gasteiger charge is 2.16. The number of aryl methyl sites for hydroxylation is 3. The molecule has 24 heavy (non-hydrogen) atoms. The van der Waals surface area contributed by atoms with Crippen molar-refractivity contribution in [1.82, 2.24) is 9.13 Å². The van der Waals surface area contributed by atoms with Crippen molar-refractivity contribution in [2.45, 2.75) is 20.4 Å². The molecule has 2 heterocycles. The van der Waals surface area contributed by atoms with Gasteiger partial charge in [0.05, 0.1) is 10.9 Å². The molecule has 124 valence electrons. The van der Waals surface area contributed by atoms with Crippen LogP contribution >= 0.6 is 11.6 Å². The third kappa shape index (κ3) is 2.71. The first-order valence-corrected chi connectivity index (χ1v) is 8.06. The van der Waals surface area contributed by atoms with Crippen LogP contribution in [0.15, 0.2) is 41.3 Å². The van der Waals surface area contributed by atoms with Crippen molar-refractivity contribution in [1.29, 1.82) is 0 Å². The quantitative estimate of drug-likeness (QED) is 0.790. The number of amides is 1. The maximum atomic E-state index is 12.6. The van der Waals surface area contributed by atoms with Crippen molar-refractivity contribution in [3.63, 3.8) is 0 Å². The second-order valence-corrected chi connectivity index (χ2v) is 6.12. The molecule has 0 bridgehead atoms. The highest BCUT2D eigenvalue weighted by atomic mass is 35.5. The summed E-state index contributed by atoms with van der Waals surface area (Å²) in [4.78, 5) is 25.0. The normalized spacial score (nSPS) is 11.0. The lowest BCUT2D eigenvalue weighted by atomic mass is 10.2. The third-order valence-electron chi connectivity index (χ3n) is 4.19. The van der Waals surface area contributed by atoms with E-state index in [-0.39, 0.29) is 11.5 Å². The van der Waals surface area contributed by atoms with E-state index in [1.54, 1.807) is 40.6 Å². The highest BCUT2D eigenvalue weighted by Crippen LogP contribution is 2.21. The topological polar surface area (TPSA) is 56.0 Å². The van der Waals surface area contributed by atoms with Gasteiger partial charge in [-0.2, -0.15) is 0 Å². The van der Waals surface area contributed by atoms with Crippen LogP contribution < -0.4 is 10.9 Å². The Hall–Kier alpha value is -2.53. The van der Waals surface area contributed by atoms with E-state index in [2.05, 4.69) is 5.32 Å². The average Bonchev–Trinajstić information content (AvgIpc) is 2.89. The predicted octanol–water partition coefficient (Wildman–Crippen LogP) is 3.57. The van der Waals surface area contributed by atoms with Crippen LogP contribution in [0.1, 0.15) is 23.0 Å². The van der Waals surface area contributed by atoms with Crippen LogP contribution in [0.5, 0.6) is 0 Å². The Morgan fingerprint density at radius 2 is 2.00 bits per heavy atom. The molecule has 3 rings (SSSR count). The molecule has 0 aliphatic carbocycles. The van der Waals surface area contributed by atoms with E-state index in [4.69, 9.17) is 11.6 Å². The molecule has 0 unspecified atom stereocenters. The molecule has 1 N–H and O–H groups in total. The Morgan fingerprint density at radius 3 is 2.67 bits per heavy atom. The van der Waals surface area contributed by atoms with Gasteiger partial charge in [-0.3, -0.25) is 9.59 Å². The monoisotopic (exact) mass is 343 g/mol. The fraction of sp³-hybridized carbons (Fsp3) is 0.222. The predicted molar refractivity (Wildman–Crippen MR) is 97.0 cm³/mol. The average molecular weight is 344 g/mol. The number of aromatic nitrogens is 2. The van der Waals surface area contributed by atoms with Crippen LogP contribution in [-0.4, -0.2) is 15.0 Å². The first-order valence-electron chi connectivity index (χ1n) is 7.68.